The smallest absolute Gasteiger partial charge is 0.336 e. The Morgan fingerprint density at radius 3 is 1.47 bits per heavy atom. The Morgan fingerprint density at radius 1 is 0.673 bits per heavy atom. The molecule has 4 aromatic rings. The van der Waals surface area contributed by atoms with Crippen molar-refractivity contribution in [3.05, 3.63) is 135 Å². The van der Waals surface area contributed by atoms with Gasteiger partial charge in [-0.05, 0) is 60.9 Å². The number of hydrogen-bond donors (Lipinski definition) is 4. The van der Waals surface area contributed by atoms with E-state index < -0.39 is 63.7 Å². The van der Waals surface area contributed by atoms with Gasteiger partial charge >= 0.3 is 11.9 Å². The summed E-state index contributed by atoms with van der Waals surface area (Å²) in [5.74, 6) is -5.04. The second kappa shape index (κ2) is 18.7. The van der Waals surface area contributed by atoms with Crippen LogP contribution in [0.15, 0.2) is 84.9 Å². The van der Waals surface area contributed by atoms with Crippen LogP contribution < -0.4 is 10.6 Å². The fraction of sp³-hybridized carbons (Fsp3) is 0.243. The number of anilines is 1. The van der Waals surface area contributed by atoms with Crippen molar-refractivity contribution in [1.29, 1.82) is 0 Å². The van der Waals surface area contributed by atoms with Gasteiger partial charge in [0.1, 0.15) is 0 Å². The summed E-state index contributed by atoms with van der Waals surface area (Å²) in [7, 11) is 1.73. The van der Waals surface area contributed by atoms with Gasteiger partial charge < -0.3 is 20.8 Å². The summed E-state index contributed by atoms with van der Waals surface area (Å²) in [6, 6.07) is 19.5. The summed E-state index contributed by atoms with van der Waals surface area (Å²) >= 11 is 0. The molecule has 0 radical (unpaired) electrons. The summed E-state index contributed by atoms with van der Waals surface area (Å²) in [5, 5.41) is 24.1. The number of amides is 2. The lowest BCUT2D eigenvalue weighted by Crippen LogP contribution is -2.32. The van der Waals surface area contributed by atoms with Crippen LogP contribution in [0.2, 0.25) is 0 Å². The average Bonchev–Trinajstić information content (AvgIpc) is 3.06. The molecule has 1 atom stereocenters. The number of carbonyl (C=O) groups excluding carboxylic acids is 2. The van der Waals surface area contributed by atoms with Crippen LogP contribution in [0.5, 0.6) is 0 Å². The molecule has 0 aliphatic heterocycles. The number of carbonyl (C=O) groups is 4. The molecule has 8 nitrogen and oxygen atoms in total. The number of aryl methyl sites for hydroxylation is 1. The van der Waals surface area contributed by atoms with Gasteiger partial charge in [-0.15, -0.1) is 0 Å². The van der Waals surface area contributed by atoms with Gasteiger partial charge in [-0.2, -0.15) is 0 Å². The van der Waals surface area contributed by atoms with Gasteiger partial charge in [-0.1, -0.05) is 76.4 Å². The highest BCUT2D eigenvalue weighted by molar-refractivity contribution is 6.11. The van der Waals surface area contributed by atoms with Crippen molar-refractivity contribution in [3.8, 4) is 0 Å². The number of carboxylic acid groups (broad SMARTS) is 2. The summed E-state index contributed by atoms with van der Waals surface area (Å²) < 4.78 is 54.4. The molecule has 4 N–H and O–H groups in total. The first kappa shape index (κ1) is 43.5. The first-order chi connectivity index (χ1) is 21.8. The molecular formula is C37H42F4N2O6. The van der Waals surface area contributed by atoms with E-state index in [0.29, 0.717) is 31.4 Å². The van der Waals surface area contributed by atoms with Crippen LogP contribution in [0.3, 0.4) is 0 Å². The second-order valence-corrected chi connectivity index (χ2v) is 10.0. The molecule has 264 valence electrons. The fourth-order valence-electron chi connectivity index (χ4n) is 4.69. The van der Waals surface area contributed by atoms with E-state index in [1.54, 1.807) is 24.3 Å². The van der Waals surface area contributed by atoms with Crippen LogP contribution >= 0.6 is 0 Å². The minimum Gasteiger partial charge on any atom is -0.478 e. The highest BCUT2D eigenvalue weighted by atomic mass is 19.3. The standard InChI is InChI=1S/C33H27F3N2O6.CH3F.3CH4/c1-18-3-5-19(6-4-18)15-20-7-11-23(12-8-20)38-29(40)25-14-10-22(17-27(25)31(43)44)33(36,32(34)35)21-9-13-24(28(39)37-2)26(16-21)30(41)42;1-2;;;/h3-14,16-17,32H,15H2,1-2H3,(H,37,39)(H,38,40)(H,41,42)(H,43,44);1H3;3*1H4. The Morgan fingerprint density at radius 2 is 1.08 bits per heavy atom. The van der Waals surface area contributed by atoms with E-state index in [9.17, 15) is 42.6 Å². The molecule has 4 rings (SSSR count). The molecule has 0 bridgehead atoms. The maximum absolute atomic E-state index is 16.2. The van der Waals surface area contributed by atoms with Gasteiger partial charge in [-0.25, -0.2) is 22.8 Å². The fourth-order valence-corrected chi connectivity index (χ4v) is 4.69. The van der Waals surface area contributed by atoms with E-state index in [1.807, 2.05) is 31.2 Å². The molecule has 0 aliphatic rings. The van der Waals surface area contributed by atoms with Crippen LogP contribution in [0.4, 0.5) is 23.2 Å². The van der Waals surface area contributed by atoms with E-state index >= 15 is 4.39 Å². The van der Waals surface area contributed by atoms with Crippen LogP contribution in [0.1, 0.15) is 91.5 Å². The maximum Gasteiger partial charge on any atom is 0.336 e. The monoisotopic (exact) mass is 686 g/mol. The van der Waals surface area contributed by atoms with E-state index in [1.165, 1.54) is 7.05 Å². The molecule has 0 aromatic heterocycles. The molecule has 0 spiro atoms. The number of halogens is 4. The van der Waals surface area contributed by atoms with Gasteiger partial charge in [0.15, 0.2) is 0 Å². The number of nitrogens with one attached hydrogen (secondary N) is 2. The van der Waals surface area contributed by atoms with E-state index in [0.717, 1.165) is 41.0 Å². The third-order valence-corrected chi connectivity index (χ3v) is 7.10. The Hall–Kier alpha value is -5.52. The minimum atomic E-state index is -3.78. The number of benzene rings is 4. The quantitative estimate of drug-likeness (QED) is 0.124. The zero-order chi connectivity index (χ0) is 34.2. The minimum absolute atomic E-state index is 0. The van der Waals surface area contributed by atoms with Gasteiger partial charge in [0, 0.05) is 23.9 Å². The zero-order valence-corrected chi connectivity index (χ0v) is 24.9. The zero-order valence-electron chi connectivity index (χ0n) is 24.9. The Bertz CT molecular complexity index is 1750. The van der Waals surface area contributed by atoms with Crippen LogP contribution in [-0.2, 0) is 12.1 Å². The normalized spacial score (nSPS) is 11.2. The molecule has 0 aliphatic carbocycles. The van der Waals surface area contributed by atoms with Crippen molar-refractivity contribution >= 4 is 29.4 Å². The third-order valence-electron chi connectivity index (χ3n) is 7.10. The molecule has 0 fully saturated rings. The number of rotatable bonds is 10. The van der Waals surface area contributed by atoms with Crippen molar-refractivity contribution < 1.29 is 47.0 Å². The van der Waals surface area contributed by atoms with Gasteiger partial charge in [0.2, 0.25) is 5.67 Å². The van der Waals surface area contributed by atoms with Crippen LogP contribution in [0.25, 0.3) is 0 Å². The van der Waals surface area contributed by atoms with Crippen LogP contribution in [0, 0.1) is 6.92 Å². The summed E-state index contributed by atoms with van der Waals surface area (Å²) in [6.07, 6.45) is -3.13. The lowest BCUT2D eigenvalue weighted by molar-refractivity contribution is -0.0103. The van der Waals surface area contributed by atoms with Crippen molar-refractivity contribution in [2.24, 2.45) is 0 Å². The molecule has 0 saturated heterocycles. The predicted octanol–water partition coefficient (Wildman–Crippen LogP) is 8.57. The van der Waals surface area contributed by atoms with Gasteiger partial charge in [0.05, 0.1) is 29.4 Å². The van der Waals surface area contributed by atoms with Crippen LogP contribution in [-0.4, -0.2) is 54.6 Å². The molecule has 0 saturated carbocycles. The molecule has 2 amide bonds. The van der Waals surface area contributed by atoms with Crippen molar-refractivity contribution in [3.63, 3.8) is 0 Å². The largest absolute Gasteiger partial charge is 0.478 e. The summed E-state index contributed by atoms with van der Waals surface area (Å²) in [5.41, 5.74) is -4.09. The SMILES string of the molecule is C.C.C.CF.CNC(=O)c1ccc(C(F)(c2ccc(C(=O)Nc3ccc(Cc4ccc(C)cc4)cc3)c(C(=O)O)c2)C(F)F)cc1C(=O)O. The summed E-state index contributed by atoms with van der Waals surface area (Å²) in [4.78, 5) is 48.9. The first-order valence-corrected chi connectivity index (χ1v) is 13.6. The molecule has 12 heteroatoms. The molecule has 1 unspecified atom stereocenters. The van der Waals surface area contributed by atoms with Gasteiger partial charge in [0.25, 0.3) is 18.2 Å². The molecular weight excluding hydrogens is 644 g/mol. The lowest BCUT2D eigenvalue weighted by atomic mass is 9.84. The molecule has 0 heterocycles. The Labute approximate surface area is 283 Å². The molecule has 49 heavy (non-hydrogen) atoms. The maximum atomic E-state index is 16.2. The predicted molar refractivity (Wildman–Crippen MR) is 184 cm³/mol. The topological polar surface area (TPSA) is 133 Å². The summed E-state index contributed by atoms with van der Waals surface area (Å²) in [6.45, 7) is 1.99. The second-order valence-electron chi connectivity index (χ2n) is 10.0. The molecule has 4 aromatic carbocycles. The van der Waals surface area contributed by atoms with E-state index in [-0.39, 0.29) is 27.8 Å². The highest BCUT2D eigenvalue weighted by Gasteiger charge is 2.45. The van der Waals surface area contributed by atoms with Gasteiger partial charge in [-0.3, -0.25) is 14.0 Å². The van der Waals surface area contributed by atoms with Crippen molar-refractivity contribution in [2.45, 2.75) is 47.7 Å². The van der Waals surface area contributed by atoms with Crippen molar-refractivity contribution in [1.82, 2.24) is 5.32 Å². The van der Waals surface area contributed by atoms with E-state index in [4.69, 9.17) is 0 Å². The van der Waals surface area contributed by atoms with E-state index in [2.05, 4.69) is 10.6 Å². The van der Waals surface area contributed by atoms with Crippen molar-refractivity contribution in [2.75, 3.05) is 19.5 Å². The number of aromatic carboxylic acids is 2. The highest BCUT2D eigenvalue weighted by Crippen LogP contribution is 2.41. The third kappa shape index (κ3) is 9.75. The Kier molecular flexibility index (Phi) is 16.6. The number of hydrogen-bond acceptors (Lipinski definition) is 4. The Balaban J connectivity index is 0.00000452. The lowest BCUT2D eigenvalue weighted by Gasteiger charge is -2.27. The number of alkyl halides is 4. The first-order valence-electron chi connectivity index (χ1n) is 13.6. The number of carboxylic acids is 2. The average molecular weight is 687 g/mol.